The predicted octanol–water partition coefficient (Wildman–Crippen LogP) is 2.29. The molecule has 0 aliphatic heterocycles. The van der Waals surface area contributed by atoms with E-state index in [0.717, 1.165) is 15.9 Å². The normalized spacial score (nSPS) is 12.1. The Morgan fingerprint density at radius 3 is 2.77 bits per heavy atom. The molecule has 0 unspecified atom stereocenters. The first kappa shape index (κ1) is 18.1. The average molecular weight is 392 g/mol. The molecule has 0 aliphatic carbocycles. The minimum atomic E-state index is -1.03. The monoisotopic (exact) mass is 392 g/mol. The average Bonchev–Trinajstić information content (AvgIpc) is 3.25. The van der Waals surface area contributed by atoms with Gasteiger partial charge >= 0.3 is 5.97 Å². The number of primary amides is 1. The smallest absolute Gasteiger partial charge is 0.349 e. The van der Waals surface area contributed by atoms with E-state index in [9.17, 15) is 14.4 Å². The van der Waals surface area contributed by atoms with Crippen LogP contribution < -0.4 is 11.1 Å². The molecule has 0 aromatic carbocycles. The van der Waals surface area contributed by atoms with Crippen LogP contribution in [0.3, 0.4) is 0 Å². The number of aryl methyl sites for hydroxylation is 2. The van der Waals surface area contributed by atoms with E-state index in [2.05, 4.69) is 10.4 Å². The van der Waals surface area contributed by atoms with Crippen molar-refractivity contribution >= 4 is 55.7 Å². The van der Waals surface area contributed by atoms with Gasteiger partial charge in [0.15, 0.2) is 6.10 Å². The van der Waals surface area contributed by atoms with Crippen molar-refractivity contribution in [1.82, 2.24) is 9.78 Å². The Kier molecular flexibility index (Phi) is 4.79. The van der Waals surface area contributed by atoms with Crippen LogP contribution in [0, 0.1) is 6.92 Å². The number of hydrogen-bond donors (Lipinski definition) is 2. The van der Waals surface area contributed by atoms with Crippen LogP contribution >= 0.6 is 22.7 Å². The number of fused-ring (bicyclic) bond motifs is 1. The fraction of sp³-hybridized carbons (Fsp3) is 0.250. The number of thiophene rings is 2. The maximum absolute atomic E-state index is 12.3. The van der Waals surface area contributed by atoms with E-state index >= 15 is 0 Å². The molecule has 3 heterocycles. The Morgan fingerprint density at radius 1 is 1.38 bits per heavy atom. The summed E-state index contributed by atoms with van der Waals surface area (Å²) in [6.45, 7) is 3.32. The second-order valence-electron chi connectivity index (χ2n) is 5.60. The summed E-state index contributed by atoms with van der Waals surface area (Å²) in [6.07, 6.45) is -1.03. The van der Waals surface area contributed by atoms with Crippen molar-refractivity contribution < 1.29 is 19.1 Å². The Morgan fingerprint density at radius 2 is 2.12 bits per heavy atom. The third kappa shape index (κ3) is 3.33. The zero-order chi connectivity index (χ0) is 19.0. The van der Waals surface area contributed by atoms with Gasteiger partial charge in [-0.2, -0.15) is 5.10 Å². The molecule has 10 heteroatoms. The Labute approximate surface area is 156 Å². The van der Waals surface area contributed by atoms with Gasteiger partial charge in [-0.1, -0.05) is 0 Å². The zero-order valence-electron chi connectivity index (χ0n) is 14.2. The third-order valence-corrected chi connectivity index (χ3v) is 5.73. The molecule has 1 atom stereocenters. The van der Waals surface area contributed by atoms with Crippen LogP contribution in [-0.4, -0.2) is 33.7 Å². The van der Waals surface area contributed by atoms with Crippen molar-refractivity contribution in [1.29, 1.82) is 0 Å². The lowest BCUT2D eigenvalue weighted by molar-refractivity contribution is -0.123. The Hall–Kier alpha value is -2.72. The summed E-state index contributed by atoms with van der Waals surface area (Å²) in [6, 6.07) is 3.23. The molecule has 8 nitrogen and oxygen atoms in total. The highest BCUT2D eigenvalue weighted by Gasteiger charge is 2.23. The van der Waals surface area contributed by atoms with Gasteiger partial charge in [0.25, 0.3) is 11.8 Å². The van der Waals surface area contributed by atoms with Crippen LogP contribution in [0.25, 0.3) is 10.2 Å². The van der Waals surface area contributed by atoms with E-state index in [-0.39, 0.29) is 5.56 Å². The fourth-order valence-corrected chi connectivity index (χ4v) is 4.19. The molecule has 3 aromatic heterocycles. The molecular weight excluding hydrogens is 376 g/mol. The lowest BCUT2D eigenvalue weighted by Crippen LogP contribution is -2.30. The molecule has 0 aliphatic rings. The van der Waals surface area contributed by atoms with Gasteiger partial charge < -0.3 is 15.8 Å². The van der Waals surface area contributed by atoms with Crippen LogP contribution in [0.2, 0.25) is 0 Å². The summed E-state index contributed by atoms with van der Waals surface area (Å²) in [5.41, 5.74) is 6.28. The number of nitrogens with zero attached hydrogens (tertiary/aromatic N) is 2. The molecule has 0 spiro atoms. The van der Waals surface area contributed by atoms with Crippen molar-refractivity contribution in [3.63, 3.8) is 0 Å². The van der Waals surface area contributed by atoms with Crippen molar-refractivity contribution in [2.45, 2.75) is 20.0 Å². The van der Waals surface area contributed by atoms with Crippen molar-refractivity contribution in [2.24, 2.45) is 12.8 Å². The largest absolute Gasteiger partial charge is 0.448 e. The van der Waals surface area contributed by atoms with Gasteiger partial charge in [0.2, 0.25) is 0 Å². The zero-order valence-corrected chi connectivity index (χ0v) is 15.9. The first-order valence-corrected chi connectivity index (χ1v) is 9.29. The van der Waals surface area contributed by atoms with Crippen molar-refractivity contribution in [3.8, 4) is 0 Å². The SMILES string of the molecule is Cc1nn(C)c2sc(C(=O)O[C@@H](C)C(=O)Nc3sccc3C(N)=O)cc12. The molecule has 2 amide bonds. The number of rotatable bonds is 5. The summed E-state index contributed by atoms with van der Waals surface area (Å²) in [4.78, 5) is 37.1. The van der Waals surface area contributed by atoms with Crippen LogP contribution in [0.15, 0.2) is 17.5 Å². The van der Waals surface area contributed by atoms with E-state index in [1.807, 2.05) is 6.92 Å². The van der Waals surface area contributed by atoms with Gasteiger partial charge in [-0.25, -0.2) is 4.79 Å². The van der Waals surface area contributed by atoms with Gasteiger partial charge in [-0.3, -0.25) is 14.3 Å². The number of esters is 1. The topological polar surface area (TPSA) is 116 Å². The highest BCUT2D eigenvalue weighted by atomic mass is 32.1. The lowest BCUT2D eigenvalue weighted by atomic mass is 10.3. The van der Waals surface area contributed by atoms with Gasteiger partial charge in [-0.05, 0) is 31.4 Å². The lowest BCUT2D eigenvalue weighted by Gasteiger charge is -2.12. The van der Waals surface area contributed by atoms with Gasteiger partial charge in [0.1, 0.15) is 14.7 Å². The Bertz CT molecular complexity index is 982. The first-order valence-electron chi connectivity index (χ1n) is 7.60. The highest BCUT2D eigenvalue weighted by molar-refractivity contribution is 7.20. The van der Waals surface area contributed by atoms with Gasteiger partial charge in [0.05, 0.1) is 11.3 Å². The van der Waals surface area contributed by atoms with Crippen LogP contribution in [0.5, 0.6) is 0 Å². The van der Waals surface area contributed by atoms with Crippen molar-refractivity contribution in [2.75, 3.05) is 5.32 Å². The van der Waals surface area contributed by atoms with Crippen LogP contribution in [-0.2, 0) is 16.6 Å². The molecule has 26 heavy (non-hydrogen) atoms. The summed E-state index contributed by atoms with van der Waals surface area (Å²) in [7, 11) is 1.80. The molecule has 3 aromatic rings. The molecule has 3 rings (SSSR count). The second kappa shape index (κ2) is 6.89. The second-order valence-corrected chi connectivity index (χ2v) is 7.55. The van der Waals surface area contributed by atoms with Gasteiger partial charge in [0, 0.05) is 12.4 Å². The van der Waals surface area contributed by atoms with E-state index in [1.54, 1.807) is 23.2 Å². The highest BCUT2D eigenvalue weighted by Crippen LogP contribution is 2.28. The number of amides is 2. The summed E-state index contributed by atoms with van der Waals surface area (Å²) < 4.78 is 6.94. The number of carbonyl (C=O) groups is 3. The molecule has 3 N–H and O–H groups in total. The van der Waals surface area contributed by atoms with E-state index < -0.39 is 23.9 Å². The predicted molar refractivity (Wildman–Crippen MR) is 99.7 cm³/mol. The molecule has 0 fully saturated rings. The van der Waals surface area contributed by atoms with E-state index in [0.29, 0.717) is 9.88 Å². The number of anilines is 1. The molecule has 0 bridgehead atoms. The number of ether oxygens (including phenoxy) is 1. The number of aromatic nitrogens is 2. The van der Waals surface area contributed by atoms with Crippen LogP contribution in [0.1, 0.15) is 32.6 Å². The van der Waals surface area contributed by atoms with E-state index in [1.165, 1.54) is 35.7 Å². The summed E-state index contributed by atoms with van der Waals surface area (Å²) in [5, 5.41) is 9.68. The third-order valence-electron chi connectivity index (χ3n) is 3.72. The van der Waals surface area contributed by atoms with Gasteiger partial charge in [-0.15, -0.1) is 22.7 Å². The number of nitrogens with one attached hydrogen (secondary N) is 1. The molecule has 0 radical (unpaired) electrons. The van der Waals surface area contributed by atoms with Crippen molar-refractivity contribution in [3.05, 3.63) is 33.6 Å². The maximum Gasteiger partial charge on any atom is 0.349 e. The quantitative estimate of drug-likeness (QED) is 0.646. The number of hydrogen-bond acceptors (Lipinski definition) is 7. The first-order chi connectivity index (χ1) is 12.3. The molecule has 136 valence electrons. The molecule has 0 saturated heterocycles. The number of nitrogens with two attached hydrogens (primary N) is 1. The summed E-state index contributed by atoms with van der Waals surface area (Å²) in [5.74, 6) is -1.77. The minimum absolute atomic E-state index is 0.217. The fourth-order valence-electron chi connectivity index (χ4n) is 2.39. The standard InChI is InChI=1S/C16H16N4O4S2/c1-7-10-6-11(26-15(10)20(3)19-7)16(23)24-8(2)13(22)18-14-9(12(17)21)4-5-25-14/h4-6,8H,1-3H3,(H2,17,21)(H,18,22)/t8-/m0/s1. The Balaban J connectivity index is 1.69. The maximum atomic E-state index is 12.3. The minimum Gasteiger partial charge on any atom is -0.448 e. The van der Waals surface area contributed by atoms with E-state index in [4.69, 9.17) is 10.5 Å². The van der Waals surface area contributed by atoms with Crippen LogP contribution in [0.4, 0.5) is 5.00 Å². The molecular formula is C16H16N4O4S2. The summed E-state index contributed by atoms with van der Waals surface area (Å²) >= 11 is 2.42. The molecule has 0 saturated carbocycles. The number of carbonyl (C=O) groups excluding carboxylic acids is 3.